The molecule has 0 aromatic rings. The second kappa shape index (κ2) is 6.74. The summed E-state index contributed by atoms with van der Waals surface area (Å²) in [5.74, 6) is -1.17. The molecule has 0 radical (unpaired) electrons. The number of halogens is 3. The van der Waals surface area contributed by atoms with Gasteiger partial charge in [0.25, 0.3) is 0 Å². The highest BCUT2D eigenvalue weighted by Crippen LogP contribution is 2.18. The van der Waals surface area contributed by atoms with E-state index in [9.17, 15) is 22.8 Å². The highest BCUT2D eigenvalue weighted by molar-refractivity contribution is 5.80. The molecule has 0 aliphatic carbocycles. The molecule has 1 rings (SSSR count). The molecule has 1 heterocycles. The average molecular weight is 282 g/mol. The first-order chi connectivity index (χ1) is 8.83. The second-order valence-electron chi connectivity index (χ2n) is 4.27. The van der Waals surface area contributed by atoms with E-state index in [1.807, 2.05) is 0 Å². The fourth-order valence-corrected chi connectivity index (χ4v) is 1.96. The zero-order chi connectivity index (χ0) is 14.5. The van der Waals surface area contributed by atoms with Crippen LogP contribution in [0.5, 0.6) is 0 Å². The molecule has 1 unspecified atom stereocenters. The molecular formula is C11H17F3N2O3. The number of nitrogens with zero attached hydrogens (tertiary/aromatic N) is 1. The summed E-state index contributed by atoms with van der Waals surface area (Å²) in [6.07, 6.45) is -3.15. The van der Waals surface area contributed by atoms with Gasteiger partial charge < -0.3 is 10.1 Å². The van der Waals surface area contributed by atoms with Gasteiger partial charge in [-0.15, -0.1) is 0 Å². The van der Waals surface area contributed by atoms with E-state index in [4.69, 9.17) is 4.74 Å². The third-order valence-electron chi connectivity index (χ3n) is 2.76. The number of carbonyl (C=O) groups excluding carboxylic acids is 2. The molecule has 110 valence electrons. The summed E-state index contributed by atoms with van der Waals surface area (Å²) in [5, 5.41) is 1.78. The van der Waals surface area contributed by atoms with E-state index in [1.54, 1.807) is 17.1 Å². The van der Waals surface area contributed by atoms with Gasteiger partial charge >= 0.3 is 12.1 Å². The van der Waals surface area contributed by atoms with Gasteiger partial charge in [-0.1, -0.05) is 0 Å². The lowest BCUT2D eigenvalue weighted by Crippen LogP contribution is -2.45. The van der Waals surface area contributed by atoms with Crippen molar-refractivity contribution in [1.82, 2.24) is 10.2 Å². The topological polar surface area (TPSA) is 58.6 Å². The van der Waals surface area contributed by atoms with E-state index in [-0.39, 0.29) is 13.2 Å². The lowest BCUT2D eigenvalue weighted by molar-refractivity contribution is -0.149. The van der Waals surface area contributed by atoms with Gasteiger partial charge in [-0.3, -0.25) is 14.5 Å². The van der Waals surface area contributed by atoms with Crippen LogP contribution in [0.3, 0.4) is 0 Å². The standard InChI is InChI=1S/C11H17F3N2O3/c1-2-19-10(18)8-4-3-5-16(8)6-9(17)15-7-11(12,13)14/h8H,2-7H2,1H3,(H,15,17). The van der Waals surface area contributed by atoms with Gasteiger partial charge in [0.1, 0.15) is 12.6 Å². The van der Waals surface area contributed by atoms with Crippen LogP contribution in [0.25, 0.3) is 0 Å². The number of esters is 1. The number of likely N-dealkylation sites (tertiary alicyclic amines) is 1. The number of amides is 1. The van der Waals surface area contributed by atoms with Crippen LogP contribution in [0.15, 0.2) is 0 Å². The Morgan fingerprint density at radius 1 is 1.42 bits per heavy atom. The van der Waals surface area contributed by atoms with Crippen LogP contribution in [-0.2, 0) is 14.3 Å². The number of hydrogen-bond donors (Lipinski definition) is 1. The smallest absolute Gasteiger partial charge is 0.405 e. The van der Waals surface area contributed by atoms with E-state index in [2.05, 4.69) is 0 Å². The molecule has 5 nitrogen and oxygen atoms in total. The molecule has 1 aliphatic heterocycles. The Bertz CT molecular complexity index is 334. The number of rotatable bonds is 5. The molecule has 1 amide bonds. The summed E-state index contributed by atoms with van der Waals surface area (Å²) in [5.41, 5.74) is 0. The van der Waals surface area contributed by atoms with Crippen LogP contribution >= 0.6 is 0 Å². The summed E-state index contributed by atoms with van der Waals surface area (Å²) in [6.45, 7) is 0.836. The van der Waals surface area contributed by atoms with Gasteiger partial charge in [0.2, 0.25) is 5.91 Å². The van der Waals surface area contributed by atoms with Crippen LogP contribution < -0.4 is 5.32 Å². The zero-order valence-electron chi connectivity index (χ0n) is 10.6. The first kappa shape index (κ1) is 15.7. The van der Waals surface area contributed by atoms with Gasteiger partial charge in [-0.2, -0.15) is 13.2 Å². The molecule has 1 atom stereocenters. The van der Waals surface area contributed by atoms with Crippen molar-refractivity contribution in [2.24, 2.45) is 0 Å². The van der Waals surface area contributed by atoms with Crippen LogP contribution in [-0.4, -0.2) is 55.2 Å². The van der Waals surface area contributed by atoms with Crippen molar-refractivity contribution in [3.05, 3.63) is 0 Å². The highest BCUT2D eigenvalue weighted by atomic mass is 19.4. The van der Waals surface area contributed by atoms with Crippen molar-refractivity contribution >= 4 is 11.9 Å². The molecule has 1 N–H and O–H groups in total. The molecule has 0 aromatic carbocycles. The van der Waals surface area contributed by atoms with Crippen molar-refractivity contribution < 1.29 is 27.5 Å². The lowest BCUT2D eigenvalue weighted by atomic mass is 10.2. The molecule has 8 heteroatoms. The first-order valence-electron chi connectivity index (χ1n) is 6.07. The van der Waals surface area contributed by atoms with Gasteiger partial charge in [0.15, 0.2) is 0 Å². The van der Waals surface area contributed by atoms with E-state index < -0.39 is 30.6 Å². The lowest BCUT2D eigenvalue weighted by Gasteiger charge is -2.22. The number of alkyl halides is 3. The minimum atomic E-state index is -4.43. The van der Waals surface area contributed by atoms with E-state index >= 15 is 0 Å². The average Bonchev–Trinajstić information content (AvgIpc) is 2.74. The maximum atomic E-state index is 11.9. The van der Waals surface area contributed by atoms with E-state index in [0.29, 0.717) is 13.0 Å². The number of hydrogen-bond acceptors (Lipinski definition) is 4. The molecule has 0 saturated carbocycles. The Kier molecular flexibility index (Phi) is 5.59. The Labute approximate surface area is 109 Å². The predicted molar refractivity (Wildman–Crippen MR) is 60.3 cm³/mol. The quantitative estimate of drug-likeness (QED) is 0.754. The van der Waals surface area contributed by atoms with Crippen molar-refractivity contribution in [3.63, 3.8) is 0 Å². The van der Waals surface area contributed by atoms with Gasteiger partial charge in [-0.25, -0.2) is 0 Å². The van der Waals surface area contributed by atoms with Crippen molar-refractivity contribution in [3.8, 4) is 0 Å². The summed E-state index contributed by atoms with van der Waals surface area (Å²) in [6, 6.07) is -0.531. The number of carbonyl (C=O) groups is 2. The molecule has 0 aromatic heterocycles. The zero-order valence-corrected chi connectivity index (χ0v) is 10.6. The number of ether oxygens (including phenoxy) is 1. The monoisotopic (exact) mass is 282 g/mol. The highest BCUT2D eigenvalue weighted by Gasteiger charge is 2.34. The number of nitrogens with one attached hydrogen (secondary N) is 1. The Morgan fingerprint density at radius 2 is 2.11 bits per heavy atom. The summed E-state index contributed by atoms with van der Waals surface area (Å²) >= 11 is 0. The van der Waals surface area contributed by atoms with Crippen molar-refractivity contribution in [1.29, 1.82) is 0 Å². The molecule has 1 aliphatic rings. The largest absolute Gasteiger partial charge is 0.465 e. The fourth-order valence-electron chi connectivity index (χ4n) is 1.96. The van der Waals surface area contributed by atoms with Crippen LogP contribution in [0.1, 0.15) is 19.8 Å². The van der Waals surface area contributed by atoms with Gasteiger partial charge in [0.05, 0.1) is 13.2 Å². The van der Waals surface area contributed by atoms with Crippen LogP contribution in [0.4, 0.5) is 13.2 Å². The van der Waals surface area contributed by atoms with Crippen molar-refractivity contribution in [2.45, 2.75) is 32.0 Å². The summed E-state index contributed by atoms with van der Waals surface area (Å²) in [7, 11) is 0. The summed E-state index contributed by atoms with van der Waals surface area (Å²) in [4.78, 5) is 24.5. The van der Waals surface area contributed by atoms with E-state index in [0.717, 1.165) is 6.42 Å². The molecule has 1 saturated heterocycles. The van der Waals surface area contributed by atoms with Gasteiger partial charge in [-0.05, 0) is 26.3 Å². The third kappa shape index (κ3) is 5.46. The molecule has 0 bridgehead atoms. The molecular weight excluding hydrogens is 265 g/mol. The predicted octanol–water partition coefficient (Wildman–Crippen LogP) is 0.692. The second-order valence-corrected chi connectivity index (χ2v) is 4.27. The maximum absolute atomic E-state index is 11.9. The summed E-state index contributed by atoms with van der Waals surface area (Å²) < 4.78 is 40.7. The maximum Gasteiger partial charge on any atom is 0.405 e. The molecule has 1 fully saturated rings. The van der Waals surface area contributed by atoms with E-state index in [1.165, 1.54) is 0 Å². The fraction of sp³-hybridized carbons (Fsp3) is 0.818. The van der Waals surface area contributed by atoms with Crippen molar-refractivity contribution in [2.75, 3.05) is 26.2 Å². The third-order valence-corrected chi connectivity index (χ3v) is 2.76. The van der Waals surface area contributed by atoms with Crippen LogP contribution in [0, 0.1) is 0 Å². The SMILES string of the molecule is CCOC(=O)C1CCCN1CC(=O)NCC(F)(F)F. The Morgan fingerprint density at radius 3 is 2.68 bits per heavy atom. The normalized spacial score (nSPS) is 20.3. The minimum Gasteiger partial charge on any atom is -0.465 e. The first-order valence-corrected chi connectivity index (χ1v) is 6.07. The Balaban J connectivity index is 2.42. The molecule has 0 spiro atoms. The minimum absolute atomic E-state index is 0.223. The van der Waals surface area contributed by atoms with Gasteiger partial charge in [0, 0.05) is 0 Å². The van der Waals surface area contributed by atoms with Crippen LogP contribution in [0.2, 0.25) is 0 Å². The Hall–Kier alpha value is -1.31. The molecule has 19 heavy (non-hydrogen) atoms.